The fourth-order valence-corrected chi connectivity index (χ4v) is 3.51. The van der Waals surface area contributed by atoms with Crippen molar-refractivity contribution >= 4 is 23.2 Å². The van der Waals surface area contributed by atoms with Crippen LogP contribution < -0.4 is 10.2 Å². The van der Waals surface area contributed by atoms with E-state index >= 15 is 0 Å². The molecular formula is C22H24N6O. The molecule has 29 heavy (non-hydrogen) atoms. The van der Waals surface area contributed by atoms with Gasteiger partial charge in [0.25, 0.3) is 5.91 Å². The summed E-state index contributed by atoms with van der Waals surface area (Å²) in [6.45, 7) is 6.85. The van der Waals surface area contributed by atoms with E-state index in [1.807, 2.05) is 55.1 Å². The van der Waals surface area contributed by atoms with Gasteiger partial charge in [0.15, 0.2) is 11.6 Å². The number of amides is 1. The number of aryl methyl sites for hydroxylation is 2. The molecule has 3 aromatic rings. The maximum Gasteiger partial charge on any atom is 0.254 e. The molecular weight excluding hydrogens is 364 g/mol. The van der Waals surface area contributed by atoms with Crippen molar-refractivity contribution in [3.8, 4) is 0 Å². The summed E-state index contributed by atoms with van der Waals surface area (Å²) in [5.41, 5.74) is 3.90. The Bertz CT molecular complexity index is 982. The number of carbonyl (C=O) groups is 1. The van der Waals surface area contributed by atoms with Crippen LogP contribution in [0.2, 0.25) is 0 Å². The minimum Gasteiger partial charge on any atom is -0.352 e. The number of hydrogen-bond acceptors (Lipinski definition) is 6. The van der Waals surface area contributed by atoms with Crippen molar-refractivity contribution in [3.05, 3.63) is 71.5 Å². The molecule has 1 fully saturated rings. The van der Waals surface area contributed by atoms with Crippen LogP contribution in [0.15, 0.2) is 54.9 Å². The SMILES string of the molecule is Cc1ccc(C(=O)N2CCN(c3ccc(Nc4ccncc4)nn3)CC2)c(C)c1. The highest BCUT2D eigenvalue weighted by Gasteiger charge is 2.24. The number of hydrogen-bond donors (Lipinski definition) is 1. The van der Waals surface area contributed by atoms with Crippen LogP contribution in [0.3, 0.4) is 0 Å². The molecule has 1 aliphatic rings. The lowest BCUT2D eigenvalue weighted by Gasteiger charge is -2.35. The molecule has 148 valence electrons. The fraction of sp³-hybridized carbons (Fsp3) is 0.273. The Labute approximate surface area is 170 Å². The second kappa shape index (κ2) is 8.26. The topological polar surface area (TPSA) is 74.2 Å². The number of carbonyl (C=O) groups excluding carboxylic acids is 1. The largest absolute Gasteiger partial charge is 0.352 e. The zero-order valence-corrected chi connectivity index (χ0v) is 16.7. The Hall–Kier alpha value is -3.48. The van der Waals surface area contributed by atoms with Gasteiger partial charge in [-0.05, 0) is 49.7 Å². The molecule has 1 saturated heterocycles. The van der Waals surface area contributed by atoms with Gasteiger partial charge >= 0.3 is 0 Å². The first kappa shape index (κ1) is 18.9. The van der Waals surface area contributed by atoms with Gasteiger partial charge in [-0.1, -0.05) is 17.7 Å². The van der Waals surface area contributed by atoms with E-state index in [0.29, 0.717) is 18.9 Å². The summed E-state index contributed by atoms with van der Waals surface area (Å²) in [5.74, 6) is 1.61. The van der Waals surface area contributed by atoms with Gasteiger partial charge in [-0.3, -0.25) is 9.78 Å². The molecule has 3 heterocycles. The Morgan fingerprint density at radius 3 is 2.34 bits per heavy atom. The molecule has 0 bridgehead atoms. The summed E-state index contributed by atoms with van der Waals surface area (Å²) in [4.78, 5) is 20.9. The molecule has 7 nitrogen and oxygen atoms in total. The van der Waals surface area contributed by atoms with Gasteiger partial charge in [-0.15, -0.1) is 10.2 Å². The van der Waals surface area contributed by atoms with E-state index in [9.17, 15) is 4.79 Å². The van der Waals surface area contributed by atoms with Gasteiger partial charge in [0.2, 0.25) is 0 Å². The summed E-state index contributed by atoms with van der Waals surface area (Å²) < 4.78 is 0. The van der Waals surface area contributed by atoms with Gasteiger partial charge in [0.05, 0.1) is 0 Å². The lowest BCUT2D eigenvalue weighted by atomic mass is 10.0. The Kier molecular flexibility index (Phi) is 5.37. The van der Waals surface area contributed by atoms with E-state index < -0.39 is 0 Å². The Balaban J connectivity index is 1.36. The van der Waals surface area contributed by atoms with Crippen molar-refractivity contribution in [1.29, 1.82) is 0 Å². The van der Waals surface area contributed by atoms with Crippen molar-refractivity contribution < 1.29 is 4.79 Å². The van der Waals surface area contributed by atoms with Crippen LogP contribution in [0.4, 0.5) is 17.3 Å². The van der Waals surface area contributed by atoms with E-state index in [0.717, 1.165) is 35.7 Å². The summed E-state index contributed by atoms with van der Waals surface area (Å²) >= 11 is 0. The highest BCUT2D eigenvalue weighted by Crippen LogP contribution is 2.19. The monoisotopic (exact) mass is 388 g/mol. The zero-order valence-electron chi connectivity index (χ0n) is 16.7. The number of pyridine rings is 1. The molecule has 1 N–H and O–H groups in total. The van der Waals surface area contributed by atoms with Crippen molar-refractivity contribution in [2.24, 2.45) is 0 Å². The van der Waals surface area contributed by atoms with E-state index in [4.69, 9.17) is 0 Å². The first-order chi connectivity index (χ1) is 14.1. The molecule has 0 aliphatic carbocycles. The van der Waals surface area contributed by atoms with Crippen molar-refractivity contribution in [3.63, 3.8) is 0 Å². The molecule has 4 rings (SSSR count). The molecule has 0 spiro atoms. The van der Waals surface area contributed by atoms with E-state index in [1.165, 1.54) is 5.56 Å². The molecule has 2 aromatic heterocycles. The maximum absolute atomic E-state index is 12.9. The molecule has 0 atom stereocenters. The second-order valence-electron chi connectivity index (χ2n) is 7.24. The number of rotatable bonds is 4. The molecule has 0 saturated carbocycles. The lowest BCUT2D eigenvalue weighted by Crippen LogP contribution is -2.49. The normalized spacial score (nSPS) is 14.0. The lowest BCUT2D eigenvalue weighted by molar-refractivity contribution is 0.0745. The van der Waals surface area contributed by atoms with Crippen LogP contribution in [-0.2, 0) is 0 Å². The minimum absolute atomic E-state index is 0.102. The van der Waals surface area contributed by atoms with Gasteiger partial charge in [-0.25, -0.2) is 0 Å². The third-order valence-corrected chi connectivity index (χ3v) is 5.11. The van der Waals surface area contributed by atoms with Gasteiger partial charge in [0, 0.05) is 49.8 Å². The number of benzene rings is 1. The second-order valence-corrected chi connectivity index (χ2v) is 7.24. The van der Waals surface area contributed by atoms with Gasteiger partial charge < -0.3 is 15.1 Å². The third kappa shape index (κ3) is 4.34. The smallest absolute Gasteiger partial charge is 0.254 e. The summed E-state index contributed by atoms with van der Waals surface area (Å²) in [7, 11) is 0. The predicted molar refractivity (Wildman–Crippen MR) is 114 cm³/mol. The van der Waals surface area contributed by atoms with Gasteiger partial charge in [-0.2, -0.15) is 0 Å². The summed E-state index contributed by atoms with van der Waals surface area (Å²) in [6.07, 6.45) is 3.45. The van der Waals surface area contributed by atoms with Crippen LogP contribution in [0.25, 0.3) is 0 Å². The van der Waals surface area contributed by atoms with Crippen LogP contribution in [-0.4, -0.2) is 52.2 Å². The maximum atomic E-state index is 12.9. The third-order valence-electron chi connectivity index (χ3n) is 5.11. The minimum atomic E-state index is 0.102. The van der Waals surface area contributed by atoms with E-state index in [2.05, 4.69) is 31.5 Å². The van der Waals surface area contributed by atoms with Crippen molar-refractivity contribution in [1.82, 2.24) is 20.1 Å². The molecule has 0 radical (unpaired) electrons. The van der Waals surface area contributed by atoms with Crippen LogP contribution in [0.5, 0.6) is 0 Å². The number of piperazine rings is 1. The summed E-state index contributed by atoms with van der Waals surface area (Å²) in [6, 6.07) is 13.6. The van der Waals surface area contributed by atoms with Crippen LogP contribution in [0, 0.1) is 13.8 Å². The predicted octanol–water partition coefficient (Wildman–Crippen LogP) is 3.19. The molecule has 1 aliphatic heterocycles. The molecule has 1 amide bonds. The van der Waals surface area contributed by atoms with E-state index in [-0.39, 0.29) is 5.91 Å². The van der Waals surface area contributed by atoms with Crippen LogP contribution >= 0.6 is 0 Å². The van der Waals surface area contributed by atoms with E-state index in [1.54, 1.807) is 12.4 Å². The van der Waals surface area contributed by atoms with Gasteiger partial charge in [0.1, 0.15) is 0 Å². The van der Waals surface area contributed by atoms with Crippen molar-refractivity contribution in [2.45, 2.75) is 13.8 Å². The van der Waals surface area contributed by atoms with Crippen LogP contribution in [0.1, 0.15) is 21.5 Å². The summed E-state index contributed by atoms with van der Waals surface area (Å²) in [5, 5.41) is 11.8. The Morgan fingerprint density at radius 1 is 0.931 bits per heavy atom. The zero-order chi connectivity index (χ0) is 20.2. The molecule has 1 aromatic carbocycles. The number of nitrogens with zero attached hydrogens (tertiary/aromatic N) is 5. The number of anilines is 3. The standard InChI is InChI=1S/C22H24N6O/c1-16-3-4-19(17(2)15-16)22(29)28-13-11-27(12-14-28)21-6-5-20(25-26-21)24-18-7-9-23-10-8-18/h3-10,15H,11-14H2,1-2H3,(H,23,24,25). The highest BCUT2D eigenvalue weighted by atomic mass is 16.2. The first-order valence-electron chi connectivity index (χ1n) is 9.72. The average Bonchev–Trinajstić information content (AvgIpc) is 2.75. The molecule has 7 heteroatoms. The Morgan fingerprint density at radius 2 is 1.69 bits per heavy atom. The van der Waals surface area contributed by atoms with Crippen molar-refractivity contribution in [2.75, 3.05) is 36.4 Å². The molecule has 0 unspecified atom stereocenters. The number of nitrogens with one attached hydrogen (secondary N) is 1. The highest BCUT2D eigenvalue weighted by molar-refractivity contribution is 5.95. The fourth-order valence-electron chi connectivity index (χ4n) is 3.51. The first-order valence-corrected chi connectivity index (χ1v) is 9.72. The number of aromatic nitrogens is 3. The average molecular weight is 388 g/mol. The quantitative estimate of drug-likeness (QED) is 0.740.